The Hall–Kier alpha value is -1.85. The van der Waals surface area contributed by atoms with Crippen LogP contribution in [0.4, 0.5) is 5.69 Å². The number of rotatable bonds is 7. The van der Waals surface area contributed by atoms with Crippen LogP contribution in [0, 0.1) is 0 Å². The third-order valence-corrected chi connectivity index (χ3v) is 4.16. The Morgan fingerprint density at radius 3 is 1.95 bits per heavy atom. The lowest BCUT2D eigenvalue weighted by Gasteiger charge is -2.13. The lowest BCUT2D eigenvalue weighted by Crippen LogP contribution is -2.76. The van der Waals surface area contributed by atoms with Gasteiger partial charge in [0.25, 0.3) is 0 Å². The molecule has 22 heavy (non-hydrogen) atoms. The maximum absolute atomic E-state index is 5.38. The summed E-state index contributed by atoms with van der Waals surface area (Å²) in [5, 5.41) is 2.19. The number of quaternary nitrogens is 1. The number of methoxy groups -OCH3 is 3. The topological polar surface area (TPSA) is 44.3 Å². The van der Waals surface area contributed by atoms with E-state index in [1.165, 1.54) is 10.6 Å². The fourth-order valence-corrected chi connectivity index (χ4v) is 2.64. The smallest absolute Gasteiger partial charge is 0.203 e. The zero-order chi connectivity index (χ0) is 15.9. The molecule has 0 aliphatic heterocycles. The molecule has 0 fully saturated rings. The molecule has 0 saturated heterocycles. The molecular formula is C17H22NO3S+. The zero-order valence-corrected chi connectivity index (χ0v) is 14.2. The fraction of sp³-hybridized carbons (Fsp3) is 0.294. The first kappa shape index (κ1) is 16.5. The quantitative estimate of drug-likeness (QED) is 0.629. The molecule has 0 aromatic heterocycles. The van der Waals surface area contributed by atoms with Gasteiger partial charge in [0, 0.05) is 22.6 Å². The van der Waals surface area contributed by atoms with Crippen LogP contribution in [0.15, 0.2) is 41.3 Å². The molecule has 0 aliphatic carbocycles. The van der Waals surface area contributed by atoms with Gasteiger partial charge in [-0.25, -0.2) is 0 Å². The van der Waals surface area contributed by atoms with Gasteiger partial charge in [-0.15, -0.1) is 11.8 Å². The average molecular weight is 320 g/mol. The molecule has 5 heteroatoms. The minimum absolute atomic E-state index is 0.623. The molecule has 2 aromatic carbocycles. The Labute approximate surface area is 135 Å². The summed E-state index contributed by atoms with van der Waals surface area (Å²) in [6, 6.07) is 12.5. The van der Waals surface area contributed by atoms with Crippen LogP contribution in [-0.2, 0) is 6.54 Å². The molecule has 0 spiro atoms. The molecule has 0 atom stereocenters. The van der Waals surface area contributed by atoms with Gasteiger partial charge in [0.15, 0.2) is 11.5 Å². The van der Waals surface area contributed by atoms with Crippen LogP contribution in [0.1, 0.15) is 5.56 Å². The molecule has 2 aromatic rings. The highest BCUT2D eigenvalue weighted by molar-refractivity contribution is 7.98. The SMILES string of the molecule is COc1cc(C[NH2+]c2ccc(SC)cc2)cc(OC)c1OC. The van der Waals surface area contributed by atoms with Crippen molar-refractivity contribution in [1.82, 2.24) is 0 Å². The summed E-state index contributed by atoms with van der Waals surface area (Å²) < 4.78 is 16.1. The molecule has 0 aliphatic rings. The minimum Gasteiger partial charge on any atom is -0.493 e. The van der Waals surface area contributed by atoms with Gasteiger partial charge in [-0.2, -0.15) is 0 Å². The summed E-state index contributed by atoms with van der Waals surface area (Å²) >= 11 is 1.75. The first-order valence-corrected chi connectivity index (χ1v) is 8.20. The van der Waals surface area contributed by atoms with E-state index in [9.17, 15) is 0 Å². The fourth-order valence-electron chi connectivity index (χ4n) is 2.23. The van der Waals surface area contributed by atoms with Crippen molar-refractivity contribution < 1.29 is 19.5 Å². The van der Waals surface area contributed by atoms with Crippen LogP contribution in [0.2, 0.25) is 0 Å². The summed E-state index contributed by atoms with van der Waals surface area (Å²) in [7, 11) is 4.87. The first-order chi connectivity index (χ1) is 10.7. The van der Waals surface area contributed by atoms with E-state index in [-0.39, 0.29) is 0 Å². The summed E-state index contributed by atoms with van der Waals surface area (Å²) in [4.78, 5) is 1.27. The van der Waals surface area contributed by atoms with Crippen molar-refractivity contribution in [3.05, 3.63) is 42.0 Å². The second-order valence-electron chi connectivity index (χ2n) is 4.71. The molecule has 0 amide bonds. The highest BCUT2D eigenvalue weighted by atomic mass is 32.2. The molecule has 118 valence electrons. The predicted octanol–water partition coefficient (Wildman–Crippen LogP) is 2.83. The van der Waals surface area contributed by atoms with Gasteiger partial charge in [-0.05, 0) is 30.5 Å². The van der Waals surface area contributed by atoms with E-state index in [1.807, 2.05) is 12.1 Å². The van der Waals surface area contributed by atoms with E-state index in [0.29, 0.717) is 17.2 Å². The van der Waals surface area contributed by atoms with Gasteiger partial charge >= 0.3 is 0 Å². The number of hydrogen-bond donors (Lipinski definition) is 1. The number of benzene rings is 2. The molecule has 0 heterocycles. The van der Waals surface area contributed by atoms with Crippen molar-refractivity contribution in [3.8, 4) is 17.2 Å². The van der Waals surface area contributed by atoms with Gasteiger partial charge in [0.1, 0.15) is 12.2 Å². The standard InChI is InChI=1S/C17H21NO3S/c1-19-15-9-12(10-16(20-2)17(15)21-3)11-18-13-5-7-14(22-4)8-6-13/h5-10,18H,11H2,1-4H3/p+1. The van der Waals surface area contributed by atoms with Gasteiger partial charge in [-0.1, -0.05) is 0 Å². The highest BCUT2D eigenvalue weighted by Crippen LogP contribution is 2.37. The van der Waals surface area contributed by atoms with E-state index in [2.05, 4.69) is 35.8 Å². The van der Waals surface area contributed by atoms with Crippen molar-refractivity contribution in [2.75, 3.05) is 27.6 Å². The molecule has 2 N–H and O–H groups in total. The third kappa shape index (κ3) is 3.87. The largest absolute Gasteiger partial charge is 0.493 e. The summed E-state index contributed by atoms with van der Waals surface area (Å²) in [5.41, 5.74) is 2.31. The Balaban J connectivity index is 2.14. The third-order valence-electron chi connectivity index (χ3n) is 3.41. The second kappa shape index (κ2) is 7.96. The van der Waals surface area contributed by atoms with Crippen molar-refractivity contribution in [1.29, 1.82) is 0 Å². The van der Waals surface area contributed by atoms with Crippen LogP contribution < -0.4 is 19.5 Å². The molecule has 0 radical (unpaired) electrons. The lowest BCUT2D eigenvalue weighted by atomic mass is 10.1. The Morgan fingerprint density at radius 2 is 1.50 bits per heavy atom. The van der Waals surface area contributed by atoms with Crippen LogP contribution in [-0.4, -0.2) is 27.6 Å². The second-order valence-corrected chi connectivity index (χ2v) is 5.59. The van der Waals surface area contributed by atoms with Gasteiger partial charge in [-0.3, -0.25) is 0 Å². The van der Waals surface area contributed by atoms with Crippen LogP contribution >= 0.6 is 11.8 Å². The Kier molecular flexibility index (Phi) is 5.98. The van der Waals surface area contributed by atoms with Crippen molar-refractivity contribution in [2.24, 2.45) is 0 Å². The molecular weight excluding hydrogens is 298 g/mol. The minimum atomic E-state index is 0.623. The Bertz CT molecular complexity index is 589. The predicted molar refractivity (Wildman–Crippen MR) is 89.6 cm³/mol. The average Bonchev–Trinajstić information content (AvgIpc) is 2.59. The number of thioether (sulfide) groups is 1. The normalized spacial score (nSPS) is 10.4. The maximum Gasteiger partial charge on any atom is 0.203 e. The van der Waals surface area contributed by atoms with Crippen LogP contribution in [0.25, 0.3) is 0 Å². The van der Waals surface area contributed by atoms with Gasteiger partial charge in [0.05, 0.1) is 21.3 Å². The van der Waals surface area contributed by atoms with Gasteiger partial charge in [0.2, 0.25) is 5.75 Å². The van der Waals surface area contributed by atoms with Crippen molar-refractivity contribution in [3.63, 3.8) is 0 Å². The molecule has 0 bridgehead atoms. The number of nitrogens with two attached hydrogens (primary N) is 1. The monoisotopic (exact) mass is 320 g/mol. The van der Waals surface area contributed by atoms with Crippen LogP contribution in [0.5, 0.6) is 17.2 Å². The van der Waals surface area contributed by atoms with Crippen LogP contribution in [0.3, 0.4) is 0 Å². The lowest BCUT2D eigenvalue weighted by molar-refractivity contribution is -0.588. The molecule has 2 rings (SSSR count). The van der Waals surface area contributed by atoms with E-state index < -0.39 is 0 Å². The zero-order valence-electron chi connectivity index (χ0n) is 13.4. The van der Waals surface area contributed by atoms with Crippen molar-refractivity contribution in [2.45, 2.75) is 11.4 Å². The summed E-state index contributed by atoms with van der Waals surface area (Å²) in [6.45, 7) is 0.801. The highest BCUT2D eigenvalue weighted by Gasteiger charge is 2.13. The molecule has 0 saturated carbocycles. The van der Waals surface area contributed by atoms with E-state index in [1.54, 1.807) is 33.1 Å². The molecule has 4 nitrogen and oxygen atoms in total. The summed E-state index contributed by atoms with van der Waals surface area (Å²) in [6.07, 6.45) is 2.08. The Morgan fingerprint density at radius 1 is 0.909 bits per heavy atom. The van der Waals surface area contributed by atoms with Gasteiger partial charge < -0.3 is 19.5 Å². The number of hydrogen-bond acceptors (Lipinski definition) is 4. The molecule has 0 unspecified atom stereocenters. The maximum atomic E-state index is 5.38. The first-order valence-electron chi connectivity index (χ1n) is 6.98. The van der Waals surface area contributed by atoms with E-state index >= 15 is 0 Å². The number of ether oxygens (including phenoxy) is 3. The van der Waals surface area contributed by atoms with E-state index in [0.717, 1.165) is 12.1 Å². The van der Waals surface area contributed by atoms with E-state index in [4.69, 9.17) is 14.2 Å². The summed E-state index contributed by atoms with van der Waals surface area (Å²) in [5.74, 6) is 1.99. The van der Waals surface area contributed by atoms with Crippen molar-refractivity contribution >= 4 is 17.4 Å².